The van der Waals surface area contributed by atoms with E-state index in [0.29, 0.717) is 41.8 Å². The number of hydrogen-bond acceptors (Lipinski definition) is 6. The molecule has 0 spiro atoms. The number of rotatable bonds is 10. The van der Waals surface area contributed by atoms with Crippen LogP contribution in [-0.4, -0.2) is 67.5 Å². The van der Waals surface area contributed by atoms with Crippen molar-refractivity contribution in [3.05, 3.63) is 22.7 Å². The molecule has 1 aromatic carbocycles. The summed E-state index contributed by atoms with van der Waals surface area (Å²) >= 11 is 8.33. The van der Waals surface area contributed by atoms with Gasteiger partial charge < -0.3 is 25.3 Å². The molecular formula is C23H37ClIN3O4. The molecule has 2 saturated heterocycles. The fourth-order valence-electron chi connectivity index (χ4n) is 3.82. The van der Waals surface area contributed by atoms with E-state index in [1.807, 2.05) is 4.93 Å². The number of nitrogens with two attached hydrogens (primary N) is 1. The zero-order valence-electron chi connectivity index (χ0n) is 19.2. The van der Waals surface area contributed by atoms with Crippen molar-refractivity contribution in [1.29, 1.82) is 0 Å². The van der Waals surface area contributed by atoms with Gasteiger partial charge in [0, 0.05) is 31.7 Å². The van der Waals surface area contributed by atoms with Crippen molar-refractivity contribution in [2.45, 2.75) is 57.8 Å². The standard InChI is InChI=1S/C22H34ClN3O4.CH3I/c1-2-3-4-5-10-28-20-14-19(24)18(23)13-17(20)22(27)25-16-6-8-26(9-7-16)15-21-29-11-12-30-21;1-2/h13-14,16,21H,2-12,15,24H2,1H3,(H,25,27);1H3. The van der Waals surface area contributed by atoms with Crippen molar-refractivity contribution in [1.82, 2.24) is 10.2 Å². The molecule has 3 rings (SSSR count). The van der Waals surface area contributed by atoms with Crippen LogP contribution in [0.2, 0.25) is 5.02 Å². The molecule has 3 N–H and O–H groups in total. The van der Waals surface area contributed by atoms with E-state index in [-0.39, 0.29) is 18.2 Å². The van der Waals surface area contributed by atoms with E-state index in [4.69, 9.17) is 31.5 Å². The van der Waals surface area contributed by atoms with E-state index in [2.05, 4.69) is 39.7 Å². The first kappa shape index (κ1) is 27.4. The van der Waals surface area contributed by atoms with Gasteiger partial charge in [-0.25, -0.2) is 0 Å². The van der Waals surface area contributed by atoms with Gasteiger partial charge in [-0.3, -0.25) is 9.69 Å². The van der Waals surface area contributed by atoms with Crippen molar-refractivity contribution in [2.24, 2.45) is 0 Å². The second kappa shape index (κ2) is 15.2. The van der Waals surface area contributed by atoms with Crippen molar-refractivity contribution < 1.29 is 19.0 Å². The number of likely N-dealkylation sites (tertiary alicyclic amines) is 1. The number of hydrogen-bond donors (Lipinski definition) is 2. The van der Waals surface area contributed by atoms with Crippen LogP contribution in [0.15, 0.2) is 12.1 Å². The van der Waals surface area contributed by atoms with Gasteiger partial charge >= 0.3 is 0 Å². The molecule has 0 aliphatic carbocycles. The molecule has 182 valence electrons. The Kier molecular flexibility index (Phi) is 13.0. The van der Waals surface area contributed by atoms with Crippen LogP contribution in [0.1, 0.15) is 55.8 Å². The second-order valence-corrected chi connectivity index (χ2v) is 8.41. The van der Waals surface area contributed by atoms with Gasteiger partial charge in [0.15, 0.2) is 6.29 Å². The number of carbonyl (C=O) groups excluding carboxylic acids is 1. The van der Waals surface area contributed by atoms with Crippen LogP contribution in [0, 0.1) is 0 Å². The average molecular weight is 582 g/mol. The molecule has 0 bridgehead atoms. The van der Waals surface area contributed by atoms with Gasteiger partial charge in [0.05, 0.1) is 36.1 Å². The van der Waals surface area contributed by atoms with Crippen LogP contribution >= 0.6 is 34.2 Å². The van der Waals surface area contributed by atoms with Crippen LogP contribution in [0.3, 0.4) is 0 Å². The normalized spacial score (nSPS) is 17.6. The molecule has 7 nitrogen and oxygen atoms in total. The number of alkyl halides is 1. The lowest BCUT2D eigenvalue weighted by atomic mass is 10.0. The number of piperidine rings is 1. The molecule has 2 fully saturated rings. The minimum Gasteiger partial charge on any atom is -0.493 e. The highest BCUT2D eigenvalue weighted by Gasteiger charge is 2.26. The Morgan fingerprint density at radius 2 is 1.91 bits per heavy atom. The van der Waals surface area contributed by atoms with E-state index in [1.165, 1.54) is 12.8 Å². The van der Waals surface area contributed by atoms with Crippen molar-refractivity contribution >= 4 is 45.8 Å². The number of nitrogen functional groups attached to an aromatic ring is 1. The Balaban J connectivity index is 0.00000176. The van der Waals surface area contributed by atoms with E-state index in [0.717, 1.165) is 45.3 Å². The molecule has 2 aliphatic rings. The number of ether oxygens (including phenoxy) is 3. The highest BCUT2D eigenvalue weighted by molar-refractivity contribution is 14.1. The van der Waals surface area contributed by atoms with E-state index in [1.54, 1.807) is 12.1 Å². The summed E-state index contributed by atoms with van der Waals surface area (Å²) in [6.45, 7) is 6.66. The molecule has 0 saturated carbocycles. The zero-order chi connectivity index (χ0) is 23.3. The first-order valence-electron chi connectivity index (χ1n) is 11.4. The predicted octanol–water partition coefficient (Wildman–Crippen LogP) is 4.50. The lowest BCUT2D eigenvalue weighted by Crippen LogP contribution is -2.46. The van der Waals surface area contributed by atoms with Crippen LogP contribution in [0.4, 0.5) is 5.69 Å². The predicted molar refractivity (Wildman–Crippen MR) is 138 cm³/mol. The third-order valence-electron chi connectivity index (χ3n) is 5.62. The summed E-state index contributed by atoms with van der Waals surface area (Å²) in [7, 11) is 0. The lowest BCUT2D eigenvalue weighted by Gasteiger charge is -2.33. The quantitative estimate of drug-likeness (QED) is 0.183. The molecule has 0 aromatic heterocycles. The Morgan fingerprint density at radius 3 is 2.56 bits per heavy atom. The first-order chi connectivity index (χ1) is 15.6. The third kappa shape index (κ3) is 8.85. The van der Waals surface area contributed by atoms with Crippen molar-refractivity contribution in [3.63, 3.8) is 0 Å². The second-order valence-electron chi connectivity index (χ2n) is 8.00. The van der Waals surface area contributed by atoms with Crippen molar-refractivity contribution in [3.8, 4) is 5.75 Å². The minimum atomic E-state index is -0.165. The summed E-state index contributed by atoms with van der Waals surface area (Å²) < 4.78 is 16.9. The molecule has 0 atom stereocenters. The average Bonchev–Trinajstić information content (AvgIpc) is 3.31. The Morgan fingerprint density at radius 1 is 1.22 bits per heavy atom. The SMILES string of the molecule is CCCCCCOc1cc(N)c(Cl)cc1C(=O)NC1CCN(CC2OCCO2)CC1.CI. The number of nitrogens with zero attached hydrogens (tertiary/aromatic N) is 1. The fourth-order valence-corrected chi connectivity index (χ4v) is 3.99. The monoisotopic (exact) mass is 581 g/mol. The van der Waals surface area contributed by atoms with Gasteiger partial charge in [-0.1, -0.05) is 60.4 Å². The van der Waals surface area contributed by atoms with Crippen molar-refractivity contribution in [2.75, 3.05) is 50.1 Å². The zero-order valence-corrected chi connectivity index (χ0v) is 22.1. The van der Waals surface area contributed by atoms with Crippen LogP contribution in [0.25, 0.3) is 0 Å². The maximum atomic E-state index is 12.9. The summed E-state index contributed by atoms with van der Waals surface area (Å²) in [6, 6.07) is 3.38. The van der Waals surface area contributed by atoms with Crippen LogP contribution < -0.4 is 15.8 Å². The topological polar surface area (TPSA) is 86.0 Å². The van der Waals surface area contributed by atoms with Crippen LogP contribution in [0.5, 0.6) is 5.75 Å². The molecule has 2 heterocycles. The van der Waals surface area contributed by atoms with Gasteiger partial charge in [-0.2, -0.15) is 0 Å². The van der Waals surface area contributed by atoms with E-state index < -0.39 is 0 Å². The molecule has 0 radical (unpaired) electrons. The highest BCUT2D eigenvalue weighted by Crippen LogP contribution is 2.29. The third-order valence-corrected chi connectivity index (χ3v) is 5.95. The van der Waals surface area contributed by atoms with Gasteiger partial charge in [-0.05, 0) is 30.3 Å². The number of carbonyl (C=O) groups is 1. The summed E-state index contributed by atoms with van der Waals surface area (Å²) in [5.41, 5.74) is 6.80. The number of unbranched alkanes of at least 4 members (excludes halogenated alkanes) is 3. The molecule has 1 amide bonds. The summed E-state index contributed by atoms with van der Waals surface area (Å²) in [5, 5.41) is 3.51. The number of nitrogens with one attached hydrogen (secondary N) is 1. The molecular weight excluding hydrogens is 545 g/mol. The van der Waals surface area contributed by atoms with E-state index >= 15 is 0 Å². The highest BCUT2D eigenvalue weighted by atomic mass is 127. The van der Waals surface area contributed by atoms with Gasteiger partial charge in [0.25, 0.3) is 5.91 Å². The minimum absolute atomic E-state index is 0.118. The van der Waals surface area contributed by atoms with Gasteiger partial charge in [-0.15, -0.1) is 0 Å². The Hall–Kier alpha value is -0.810. The largest absolute Gasteiger partial charge is 0.493 e. The maximum absolute atomic E-state index is 12.9. The van der Waals surface area contributed by atoms with E-state index in [9.17, 15) is 4.79 Å². The Labute approximate surface area is 210 Å². The molecule has 9 heteroatoms. The molecule has 1 aromatic rings. The number of amides is 1. The molecule has 2 aliphatic heterocycles. The number of anilines is 1. The van der Waals surface area contributed by atoms with Crippen LogP contribution in [-0.2, 0) is 9.47 Å². The summed E-state index contributed by atoms with van der Waals surface area (Å²) in [6.07, 6.45) is 6.05. The number of benzene rings is 1. The summed E-state index contributed by atoms with van der Waals surface area (Å²) in [4.78, 5) is 17.2. The first-order valence-corrected chi connectivity index (χ1v) is 14.0. The molecule has 32 heavy (non-hydrogen) atoms. The fraction of sp³-hybridized carbons (Fsp3) is 0.696. The number of halogens is 2. The Bertz CT molecular complexity index is 696. The molecule has 0 unspecified atom stereocenters. The lowest BCUT2D eigenvalue weighted by molar-refractivity contribution is -0.0650. The van der Waals surface area contributed by atoms with Gasteiger partial charge in [0.2, 0.25) is 0 Å². The van der Waals surface area contributed by atoms with Gasteiger partial charge in [0.1, 0.15) is 5.75 Å². The maximum Gasteiger partial charge on any atom is 0.255 e. The summed E-state index contributed by atoms with van der Waals surface area (Å²) in [5.74, 6) is 0.334. The smallest absolute Gasteiger partial charge is 0.255 e.